The Hall–Kier alpha value is -5.84. The quantitative estimate of drug-likeness (QED) is 0.0757. The summed E-state index contributed by atoms with van der Waals surface area (Å²) in [6.45, 7) is -0.286. The highest BCUT2D eigenvalue weighted by Gasteiger charge is 2.45. The van der Waals surface area contributed by atoms with Gasteiger partial charge in [0.2, 0.25) is 0 Å². The topological polar surface area (TPSA) is 168 Å². The first-order valence-corrected chi connectivity index (χ1v) is 24.0. The summed E-state index contributed by atoms with van der Waals surface area (Å²) in [7, 11) is 0. The molecule has 10 heteroatoms. The average molecular weight is 876 g/mol. The number of ketones is 2. The van der Waals surface area contributed by atoms with Gasteiger partial charge in [-0.05, 0) is 152 Å². The molecule has 3 aromatic carbocycles. The highest BCUT2D eigenvalue weighted by molar-refractivity contribution is 6.05. The normalized spacial score (nSPS) is 24.4. The van der Waals surface area contributed by atoms with Crippen molar-refractivity contribution in [3.63, 3.8) is 0 Å². The zero-order chi connectivity index (χ0) is 44.6. The largest absolute Gasteiger partial charge is 0.507 e. The second kappa shape index (κ2) is 18.6. The molecule has 5 aromatic rings. The number of hydrogen-bond donors (Lipinski definition) is 7. The summed E-state index contributed by atoms with van der Waals surface area (Å²) in [5.41, 5.74) is 10.8. The maximum Gasteiger partial charge on any atom is 0.161 e. The number of aliphatic hydroxyl groups is 2. The van der Waals surface area contributed by atoms with Gasteiger partial charge in [0.1, 0.15) is 17.4 Å². The minimum atomic E-state index is -1.02. The fourth-order valence-corrected chi connectivity index (χ4v) is 11.9. The van der Waals surface area contributed by atoms with Crippen LogP contribution >= 0.6 is 0 Å². The fraction of sp³-hybridized carbons (Fsp3) is 0.418. The number of aryl methyl sites for hydroxylation is 2. The lowest BCUT2D eigenvalue weighted by atomic mass is 9.66. The molecule has 7 N–H and O–H groups in total. The van der Waals surface area contributed by atoms with Crippen molar-refractivity contribution in [2.24, 2.45) is 17.8 Å². The second-order valence-electron chi connectivity index (χ2n) is 19.2. The van der Waals surface area contributed by atoms with Gasteiger partial charge in [0.25, 0.3) is 0 Å². The molecule has 2 aromatic heterocycles. The van der Waals surface area contributed by atoms with Crippen LogP contribution in [-0.4, -0.2) is 67.3 Å². The van der Waals surface area contributed by atoms with Crippen LogP contribution in [0.1, 0.15) is 132 Å². The molecule has 4 aliphatic carbocycles. The van der Waals surface area contributed by atoms with Crippen LogP contribution in [-0.2, 0) is 35.3 Å². The van der Waals surface area contributed by atoms with Gasteiger partial charge in [-0.15, -0.1) is 0 Å². The first-order chi connectivity index (χ1) is 31.8. The Labute approximate surface area is 380 Å². The summed E-state index contributed by atoms with van der Waals surface area (Å²) >= 11 is 0. The SMILES string of the molecule is O=C1CCc2cc(c(O)c(OC3CCCC3)c2)Cc2ccc(CCO)c(c2)[C@@H]2CC[C@@H](Nc3[nH]ccc32)C2=Cc3[nH]ccc3[C@@H](C[C@@H]3C=Cc4c(O)cccc4CC3)[C@H]2C(=O)[C@H]1CCO. The number of allylic oxidation sites excluding steroid dienone is 1. The molecule has 65 heavy (non-hydrogen) atoms. The van der Waals surface area contributed by atoms with Gasteiger partial charge in [0, 0.05) is 84.6 Å². The summed E-state index contributed by atoms with van der Waals surface area (Å²) in [6, 6.07) is 19.9. The number of fused-ring (bicyclic) bond motifs is 14. The Balaban J connectivity index is 1.10. The minimum Gasteiger partial charge on any atom is -0.507 e. The molecule has 6 atom stereocenters. The number of aromatic amines is 2. The number of ether oxygens (including phenoxy) is 1. The number of hydrogen-bond acceptors (Lipinski definition) is 8. The van der Waals surface area contributed by atoms with Crippen molar-refractivity contribution < 1.29 is 34.8 Å². The second-order valence-corrected chi connectivity index (χ2v) is 19.2. The first-order valence-electron chi connectivity index (χ1n) is 24.0. The zero-order valence-corrected chi connectivity index (χ0v) is 37.0. The molecule has 10 nitrogen and oxygen atoms in total. The maximum absolute atomic E-state index is 15.8. The van der Waals surface area contributed by atoms with Gasteiger partial charge < -0.3 is 40.4 Å². The molecule has 1 aliphatic heterocycles. The average Bonchev–Trinajstić information content (AvgIpc) is 4.06. The molecule has 0 unspecified atom stereocenters. The minimum absolute atomic E-state index is 0.0116. The van der Waals surface area contributed by atoms with Gasteiger partial charge in [-0.2, -0.15) is 0 Å². The van der Waals surface area contributed by atoms with Gasteiger partial charge in [0.15, 0.2) is 17.3 Å². The van der Waals surface area contributed by atoms with E-state index in [-0.39, 0.29) is 79.0 Å². The molecule has 338 valence electrons. The number of aromatic hydroxyl groups is 2. The highest BCUT2D eigenvalue weighted by atomic mass is 16.5. The smallest absolute Gasteiger partial charge is 0.161 e. The summed E-state index contributed by atoms with van der Waals surface area (Å²) < 4.78 is 6.49. The molecule has 3 heterocycles. The number of aliphatic hydroxyl groups excluding tert-OH is 2. The third-order valence-corrected chi connectivity index (χ3v) is 15.2. The Morgan fingerprint density at radius 3 is 2.46 bits per heavy atom. The van der Waals surface area contributed by atoms with E-state index in [2.05, 4.69) is 63.8 Å². The lowest BCUT2D eigenvalue weighted by molar-refractivity contribution is -0.135. The molecular formula is C55H61N3O7. The van der Waals surface area contributed by atoms with Crippen molar-refractivity contribution in [2.75, 3.05) is 18.5 Å². The molecular weight excluding hydrogens is 815 g/mol. The van der Waals surface area contributed by atoms with Gasteiger partial charge in [0.05, 0.1) is 12.0 Å². The number of anilines is 1. The third-order valence-electron chi connectivity index (χ3n) is 15.2. The van der Waals surface area contributed by atoms with E-state index >= 15 is 4.79 Å². The van der Waals surface area contributed by atoms with Crippen LogP contribution in [0.25, 0.3) is 12.2 Å². The number of nitrogens with one attached hydrogen (secondary N) is 3. The Morgan fingerprint density at radius 2 is 1.62 bits per heavy atom. The van der Waals surface area contributed by atoms with Gasteiger partial charge in [-0.1, -0.05) is 48.6 Å². The van der Waals surface area contributed by atoms with Crippen LogP contribution in [0.15, 0.2) is 84.7 Å². The molecule has 0 radical (unpaired) electrons. The van der Waals surface area contributed by atoms with Crippen LogP contribution < -0.4 is 10.1 Å². The number of Topliss-reactive ketones (excluding diaryl/α,β-unsaturated/α-hetero) is 2. The van der Waals surface area contributed by atoms with E-state index in [0.717, 1.165) is 107 Å². The van der Waals surface area contributed by atoms with Crippen LogP contribution in [0, 0.1) is 17.8 Å². The summed E-state index contributed by atoms with van der Waals surface area (Å²) in [5, 5.41) is 47.4. The number of aromatic nitrogens is 2. The fourth-order valence-electron chi connectivity index (χ4n) is 11.9. The van der Waals surface area contributed by atoms with Crippen molar-refractivity contribution in [3.8, 4) is 17.2 Å². The predicted molar refractivity (Wildman–Crippen MR) is 252 cm³/mol. The van der Waals surface area contributed by atoms with Crippen molar-refractivity contribution in [2.45, 2.75) is 114 Å². The van der Waals surface area contributed by atoms with Crippen LogP contribution in [0.5, 0.6) is 17.2 Å². The Bertz CT molecular complexity index is 2630. The zero-order valence-electron chi connectivity index (χ0n) is 37.0. The standard InChI is InChI=1S/C55H61N3O7/c59-24-20-36-13-9-33-26-37-27-34(30-51(53(37)63)65-38-5-1-2-6-38)11-17-50(62)43(21-25-60)54(64)52-45(28-32-8-12-35-4-3-7-49(61)39(35)14-10-32)41-18-22-56-48(41)31-46(52)47-16-15-40(44(36)29-33)42-19-23-57-55(42)58-47/h3-4,7,9-10,13-14,18-19,22-23,27,29-32,38,40,43,45,47,52,56-61,63H,1-2,5-6,8,11-12,15-17,20-21,24-26,28H2/t32-,40+,43-,45+,47+,52+/m0/s1. The molecule has 1 fully saturated rings. The van der Waals surface area contributed by atoms with Crippen molar-refractivity contribution in [1.29, 1.82) is 0 Å². The molecule has 1 saturated carbocycles. The number of phenolic OH excluding ortho intramolecular Hbond substituents is 2. The summed E-state index contributed by atoms with van der Waals surface area (Å²) in [4.78, 5) is 37.5. The van der Waals surface area contributed by atoms with Gasteiger partial charge >= 0.3 is 0 Å². The van der Waals surface area contributed by atoms with Crippen LogP contribution in [0.2, 0.25) is 0 Å². The first kappa shape index (κ1) is 43.1. The molecule has 6 bridgehead atoms. The van der Waals surface area contributed by atoms with E-state index < -0.39 is 11.8 Å². The number of carbonyl (C=O) groups is 2. The van der Waals surface area contributed by atoms with E-state index in [1.807, 2.05) is 36.7 Å². The van der Waals surface area contributed by atoms with Crippen molar-refractivity contribution >= 4 is 29.5 Å². The molecule has 0 amide bonds. The van der Waals surface area contributed by atoms with Crippen molar-refractivity contribution in [3.05, 3.63) is 140 Å². The molecule has 0 saturated heterocycles. The number of phenols is 2. The van der Waals surface area contributed by atoms with E-state index in [0.29, 0.717) is 43.4 Å². The van der Waals surface area contributed by atoms with Crippen molar-refractivity contribution in [1.82, 2.24) is 9.97 Å². The number of H-pyrrole nitrogens is 2. The van der Waals surface area contributed by atoms with Crippen LogP contribution in [0.4, 0.5) is 5.82 Å². The van der Waals surface area contributed by atoms with E-state index in [1.165, 1.54) is 0 Å². The maximum atomic E-state index is 15.8. The number of rotatable bonds is 8. The van der Waals surface area contributed by atoms with E-state index in [4.69, 9.17) is 4.74 Å². The molecule has 5 aliphatic rings. The molecule has 10 rings (SSSR count). The summed E-state index contributed by atoms with van der Waals surface area (Å²) in [5.74, 6) is -0.562. The Morgan fingerprint density at radius 1 is 0.769 bits per heavy atom. The lowest BCUT2D eigenvalue weighted by Crippen LogP contribution is -2.41. The monoisotopic (exact) mass is 875 g/mol. The highest BCUT2D eigenvalue weighted by Crippen LogP contribution is 2.49. The van der Waals surface area contributed by atoms with Gasteiger partial charge in [-0.25, -0.2) is 0 Å². The van der Waals surface area contributed by atoms with Crippen LogP contribution in [0.3, 0.4) is 0 Å². The van der Waals surface area contributed by atoms with E-state index in [9.17, 15) is 25.2 Å². The van der Waals surface area contributed by atoms with E-state index in [1.54, 1.807) is 6.07 Å². The molecule has 0 spiro atoms. The predicted octanol–water partition coefficient (Wildman–Crippen LogP) is 9.45. The van der Waals surface area contributed by atoms with Gasteiger partial charge in [-0.3, -0.25) is 9.59 Å². The lowest BCUT2D eigenvalue weighted by Gasteiger charge is -2.38. The number of benzene rings is 3. The summed E-state index contributed by atoms with van der Waals surface area (Å²) in [6.07, 6.45) is 19.4. The number of carbonyl (C=O) groups excluding carboxylic acids is 2. The Kier molecular flexibility index (Phi) is 12.3. The third kappa shape index (κ3) is 8.59.